The maximum Gasteiger partial charge on any atom is 0.337 e. The first-order valence-corrected chi connectivity index (χ1v) is 10.1. The molecule has 2 N–H and O–H groups in total. The fraction of sp³-hybridized carbons (Fsp3) is 0.0455. The Kier molecular flexibility index (Phi) is 5.48. The number of hydrogen-bond acceptors (Lipinski definition) is 5. The van der Waals surface area contributed by atoms with E-state index in [1.165, 1.54) is 23.9 Å². The summed E-state index contributed by atoms with van der Waals surface area (Å²) >= 11 is 7.25. The van der Waals surface area contributed by atoms with Crippen LogP contribution in [0.3, 0.4) is 0 Å². The molecule has 1 aliphatic rings. The van der Waals surface area contributed by atoms with Crippen molar-refractivity contribution in [1.29, 1.82) is 0 Å². The van der Waals surface area contributed by atoms with Gasteiger partial charge in [-0.2, -0.15) is 0 Å². The van der Waals surface area contributed by atoms with E-state index < -0.39 is 5.97 Å². The predicted molar refractivity (Wildman–Crippen MR) is 118 cm³/mol. The number of aliphatic imine (C=N–C) groups is 1. The van der Waals surface area contributed by atoms with Crippen LogP contribution in [0.5, 0.6) is 0 Å². The molecule has 4 rings (SSSR count). The lowest BCUT2D eigenvalue weighted by Crippen LogP contribution is -2.19. The summed E-state index contributed by atoms with van der Waals surface area (Å²) in [4.78, 5) is 28.2. The number of carbonyl (C=O) groups excluding carboxylic acids is 1. The van der Waals surface area contributed by atoms with Crippen molar-refractivity contribution >= 4 is 52.2 Å². The minimum Gasteiger partial charge on any atom is -0.478 e. The minimum absolute atomic E-state index is 0.0220. The standard InChI is InChI=1S/C22H15ClN2O4S/c1-12-2-5-14(6-3-12)24-22-25-20(26)19(30-22)11-15-7-9-18(29-15)13-4-8-16(21(27)28)17(23)10-13/h2-11H,1H3,(H,27,28)(H,24,25,26)/b19-11-. The first kappa shape index (κ1) is 20.0. The molecule has 30 heavy (non-hydrogen) atoms. The van der Waals surface area contributed by atoms with Gasteiger partial charge in [-0.3, -0.25) is 4.79 Å². The van der Waals surface area contributed by atoms with Crippen LogP contribution in [0.1, 0.15) is 21.7 Å². The zero-order valence-electron chi connectivity index (χ0n) is 15.7. The van der Waals surface area contributed by atoms with Crippen LogP contribution in [0.15, 0.2) is 68.9 Å². The van der Waals surface area contributed by atoms with Gasteiger partial charge in [0.15, 0.2) is 5.17 Å². The summed E-state index contributed by atoms with van der Waals surface area (Å²) in [7, 11) is 0. The van der Waals surface area contributed by atoms with Gasteiger partial charge in [-0.05, 0) is 55.1 Å². The van der Waals surface area contributed by atoms with Gasteiger partial charge in [0.2, 0.25) is 0 Å². The van der Waals surface area contributed by atoms with Crippen LogP contribution in [0.2, 0.25) is 5.02 Å². The fourth-order valence-corrected chi connectivity index (χ4v) is 3.86. The Labute approximate surface area is 181 Å². The number of amides is 1. The first-order valence-electron chi connectivity index (χ1n) is 8.88. The van der Waals surface area contributed by atoms with E-state index in [0.29, 0.717) is 27.2 Å². The van der Waals surface area contributed by atoms with E-state index in [4.69, 9.17) is 21.1 Å². The number of aromatic carboxylic acids is 1. The van der Waals surface area contributed by atoms with Crippen LogP contribution in [0, 0.1) is 6.92 Å². The van der Waals surface area contributed by atoms with Crippen LogP contribution < -0.4 is 5.32 Å². The van der Waals surface area contributed by atoms with Crippen LogP contribution in [0.25, 0.3) is 17.4 Å². The number of hydrogen-bond donors (Lipinski definition) is 2. The van der Waals surface area contributed by atoms with Crippen molar-refractivity contribution in [2.45, 2.75) is 6.92 Å². The van der Waals surface area contributed by atoms with Crippen molar-refractivity contribution in [1.82, 2.24) is 5.32 Å². The summed E-state index contributed by atoms with van der Waals surface area (Å²) in [5, 5.41) is 12.4. The van der Waals surface area contributed by atoms with Gasteiger partial charge in [-0.15, -0.1) is 0 Å². The van der Waals surface area contributed by atoms with Crippen LogP contribution in [-0.4, -0.2) is 22.2 Å². The average Bonchev–Trinajstić information content (AvgIpc) is 3.30. The maximum absolute atomic E-state index is 12.3. The smallest absolute Gasteiger partial charge is 0.337 e. The molecule has 3 aromatic rings. The van der Waals surface area contributed by atoms with E-state index in [-0.39, 0.29) is 16.5 Å². The van der Waals surface area contributed by atoms with Crippen LogP contribution >= 0.6 is 23.4 Å². The average molecular weight is 439 g/mol. The number of carbonyl (C=O) groups is 2. The molecule has 0 saturated carbocycles. The Morgan fingerprint density at radius 1 is 1.17 bits per heavy atom. The molecule has 0 aliphatic carbocycles. The molecule has 1 aliphatic heterocycles. The monoisotopic (exact) mass is 438 g/mol. The SMILES string of the molecule is Cc1ccc(N=C2NC(=O)/C(=C/c3ccc(-c4ccc(C(=O)O)c(Cl)c4)o3)S2)cc1. The molecule has 0 spiro atoms. The van der Waals surface area contributed by atoms with Crippen molar-refractivity contribution < 1.29 is 19.1 Å². The van der Waals surface area contributed by atoms with Gasteiger partial charge in [0.1, 0.15) is 11.5 Å². The largest absolute Gasteiger partial charge is 0.478 e. The van der Waals surface area contributed by atoms with Gasteiger partial charge in [0.05, 0.1) is 21.2 Å². The van der Waals surface area contributed by atoms with Gasteiger partial charge >= 0.3 is 5.97 Å². The molecule has 1 saturated heterocycles. The number of benzene rings is 2. The maximum atomic E-state index is 12.3. The number of nitrogens with zero attached hydrogens (tertiary/aromatic N) is 1. The number of carboxylic acids is 1. The molecule has 1 fully saturated rings. The molecule has 2 aromatic carbocycles. The number of amidine groups is 1. The molecule has 8 heteroatoms. The predicted octanol–water partition coefficient (Wildman–Crippen LogP) is 5.50. The Bertz CT molecular complexity index is 1210. The molecule has 150 valence electrons. The molecule has 0 bridgehead atoms. The van der Waals surface area contributed by atoms with E-state index in [9.17, 15) is 9.59 Å². The number of rotatable bonds is 4. The lowest BCUT2D eigenvalue weighted by atomic mass is 10.1. The summed E-state index contributed by atoms with van der Waals surface area (Å²) < 4.78 is 5.79. The van der Waals surface area contributed by atoms with E-state index in [1.54, 1.807) is 24.3 Å². The van der Waals surface area contributed by atoms with Gasteiger partial charge in [0, 0.05) is 11.6 Å². The molecule has 0 unspecified atom stereocenters. The highest BCUT2D eigenvalue weighted by molar-refractivity contribution is 8.18. The van der Waals surface area contributed by atoms with Gasteiger partial charge in [0.25, 0.3) is 5.91 Å². The Balaban J connectivity index is 1.54. The number of carboxylic acid groups (broad SMARTS) is 1. The Hall–Kier alpha value is -3.29. The third-order valence-electron chi connectivity index (χ3n) is 4.30. The summed E-state index contributed by atoms with van der Waals surface area (Å²) in [6, 6.07) is 15.7. The normalized spacial score (nSPS) is 16.3. The number of halogens is 1. The van der Waals surface area contributed by atoms with E-state index in [2.05, 4.69) is 10.3 Å². The van der Waals surface area contributed by atoms with Crippen molar-refractivity contribution in [3.63, 3.8) is 0 Å². The van der Waals surface area contributed by atoms with Gasteiger partial charge in [-0.1, -0.05) is 35.4 Å². The lowest BCUT2D eigenvalue weighted by Gasteiger charge is -2.01. The second-order valence-corrected chi connectivity index (χ2v) is 7.96. The number of thioether (sulfide) groups is 1. The second-order valence-electron chi connectivity index (χ2n) is 6.52. The minimum atomic E-state index is -1.09. The molecular formula is C22H15ClN2O4S. The van der Waals surface area contributed by atoms with Crippen molar-refractivity contribution in [2.75, 3.05) is 0 Å². The highest BCUT2D eigenvalue weighted by atomic mass is 35.5. The number of nitrogens with one attached hydrogen (secondary N) is 1. The second kappa shape index (κ2) is 8.22. The topological polar surface area (TPSA) is 91.9 Å². The number of aryl methyl sites for hydroxylation is 1. The number of furan rings is 1. The van der Waals surface area contributed by atoms with Crippen molar-refractivity contribution in [3.05, 3.63) is 81.4 Å². The third-order valence-corrected chi connectivity index (χ3v) is 5.52. The fourth-order valence-electron chi connectivity index (χ4n) is 2.77. The quantitative estimate of drug-likeness (QED) is 0.525. The van der Waals surface area contributed by atoms with Crippen LogP contribution in [-0.2, 0) is 4.79 Å². The summed E-state index contributed by atoms with van der Waals surface area (Å²) in [6.45, 7) is 2.00. The summed E-state index contributed by atoms with van der Waals surface area (Å²) in [5.41, 5.74) is 2.55. The zero-order chi connectivity index (χ0) is 21.3. The molecule has 0 radical (unpaired) electrons. The van der Waals surface area contributed by atoms with Gasteiger partial charge < -0.3 is 14.8 Å². The summed E-state index contributed by atoms with van der Waals surface area (Å²) in [6.07, 6.45) is 1.63. The van der Waals surface area contributed by atoms with Crippen LogP contribution in [0.4, 0.5) is 5.69 Å². The lowest BCUT2D eigenvalue weighted by molar-refractivity contribution is -0.115. The Morgan fingerprint density at radius 2 is 1.93 bits per heavy atom. The third kappa shape index (κ3) is 4.32. The van der Waals surface area contributed by atoms with Crippen molar-refractivity contribution in [3.8, 4) is 11.3 Å². The highest BCUT2D eigenvalue weighted by Gasteiger charge is 2.24. The van der Waals surface area contributed by atoms with E-state index in [0.717, 1.165) is 11.3 Å². The first-order chi connectivity index (χ1) is 14.4. The van der Waals surface area contributed by atoms with E-state index in [1.807, 2.05) is 31.2 Å². The van der Waals surface area contributed by atoms with Crippen molar-refractivity contribution in [2.24, 2.45) is 4.99 Å². The molecule has 0 atom stereocenters. The Morgan fingerprint density at radius 3 is 2.63 bits per heavy atom. The summed E-state index contributed by atoms with van der Waals surface area (Å²) in [5.74, 6) is -0.350. The molecule has 1 amide bonds. The highest BCUT2D eigenvalue weighted by Crippen LogP contribution is 2.31. The molecular weight excluding hydrogens is 424 g/mol. The molecule has 2 heterocycles. The zero-order valence-corrected chi connectivity index (χ0v) is 17.3. The molecule has 1 aromatic heterocycles. The van der Waals surface area contributed by atoms with E-state index >= 15 is 0 Å². The molecule has 6 nitrogen and oxygen atoms in total. The van der Waals surface area contributed by atoms with Gasteiger partial charge in [-0.25, -0.2) is 9.79 Å².